The molecular weight excluding hydrogens is 224 g/mol. The Morgan fingerprint density at radius 1 is 1.44 bits per heavy atom. The summed E-state index contributed by atoms with van der Waals surface area (Å²) in [6.45, 7) is 5.12. The van der Waals surface area contributed by atoms with Crippen molar-refractivity contribution >= 4 is 16.6 Å². The highest BCUT2D eigenvalue weighted by molar-refractivity contribution is 7.84. The Morgan fingerprint density at radius 2 is 2.25 bits per heavy atom. The van der Waals surface area contributed by atoms with E-state index in [2.05, 4.69) is 10.3 Å². The van der Waals surface area contributed by atoms with E-state index in [-0.39, 0.29) is 0 Å². The molecule has 0 aliphatic carbocycles. The summed E-state index contributed by atoms with van der Waals surface area (Å²) < 4.78 is 16.5. The predicted octanol–water partition coefficient (Wildman–Crippen LogP) is 1.66. The standard InChI is InChI=1S/C11H18N2O2S/c1-3-15-11-7-5-6-10(13-11)12-8-9-16(14)4-2/h5-7H,3-4,8-9H2,1-2H3,(H,12,13). The first-order chi connectivity index (χ1) is 7.76. The van der Waals surface area contributed by atoms with Gasteiger partial charge in [0.05, 0.1) is 6.61 Å². The zero-order chi connectivity index (χ0) is 11.8. The van der Waals surface area contributed by atoms with Crippen LogP contribution in [0.1, 0.15) is 13.8 Å². The summed E-state index contributed by atoms with van der Waals surface area (Å²) in [5.74, 6) is 2.73. The van der Waals surface area contributed by atoms with Crippen LogP contribution >= 0.6 is 0 Å². The molecule has 0 spiro atoms. The summed E-state index contributed by atoms with van der Waals surface area (Å²) >= 11 is 0. The minimum absolute atomic E-state index is 0.607. The van der Waals surface area contributed by atoms with Gasteiger partial charge < -0.3 is 10.1 Å². The molecule has 1 aromatic heterocycles. The summed E-state index contributed by atoms with van der Waals surface area (Å²) in [6, 6.07) is 5.58. The zero-order valence-electron chi connectivity index (χ0n) is 9.73. The number of rotatable bonds is 7. The number of aromatic nitrogens is 1. The van der Waals surface area contributed by atoms with Crippen LogP contribution in [0.2, 0.25) is 0 Å². The molecule has 1 atom stereocenters. The average Bonchev–Trinajstić information content (AvgIpc) is 2.30. The van der Waals surface area contributed by atoms with E-state index in [1.165, 1.54) is 0 Å². The average molecular weight is 242 g/mol. The topological polar surface area (TPSA) is 51.2 Å². The van der Waals surface area contributed by atoms with Crippen LogP contribution in [0.15, 0.2) is 18.2 Å². The minimum Gasteiger partial charge on any atom is -0.478 e. The Balaban J connectivity index is 2.41. The molecule has 0 aliphatic rings. The van der Waals surface area contributed by atoms with Crippen molar-refractivity contribution in [1.29, 1.82) is 0 Å². The van der Waals surface area contributed by atoms with E-state index in [4.69, 9.17) is 4.74 Å². The van der Waals surface area contributed by atoms with Crippen LogP contribution in [0.4, 0.5) is 5.82 Å². The van der Waals surface area contributed by atoms with Crippen LogP contribution < -0.4 is 10.1 Å². The molecule has 1 unspecified atom stereocenters. The first kappa shape index (κ1) is 13.0. The highest BCUT2D eigenvalue weighted by Crippen LogP contribution is 2.10. The van der Waals surface area contributed by atoms with Gasteiger partial charge in [0.15, 0.2) is 0 Å². The molecule has 16 heavy (non-hydrogen) atoms. The molecule has 5 heteroatoms. The van der Waals surface area contributed by atoms with Crippen LogP contribution in [-0.4, -0.2) is 33.9 Å². The summed E-state index contributed by atoms with van der Waals surface area (Å²) in [6.07, 6.45) is 0. The Kier molecular flexibility index (Phi) is 5.85. The third kappa shape index (κ3) is 4.61. The van der Waals surface area contributed by atoms with E-state index in [1.807, 2.05) is 32.0 Å². The molecule has 0 saturated heterocycles. The van der Waals surface area contributed by atoms with E-state index in [0.717, 1.165) is 5.82 Å². The van der Waals surface area contributed by atoms with Gasteiger partial charge in [-0.3, -0.25) is 4.21 Å². The third-order valence-corrected chi connectivity index (χ3v) is 3.28. The molecule has 90 valence electrons. The lowest BCUT2D eigenvalue weighted by Crippen LogP contribution is -2.12. The SMILES string of the molecule is CCOc1cccc(NCCS(=O)CC)n1. The summed E-state index contributed by atoms with van der Waals surface area (Å²) in [5, 5.41) is 3.12. The number of pyridine rings is 1. The van der Waals surface area contributed by atoms with Crippen molar-refractivity contribution in [1.82, 2.24) is 4.98 Å². The number of hydrogen-bond acceptors (Lipinski definition) is 4. The maximum absolute atomic E-state index is 11.2. The van der Waals surface area contributed by atoms with E-state index in [9.17, 15) is 4.21 Å². The van der Waals surface area contributed by atoms with E-state index < -0.39 is 10.8 Å². The first-order valence-electron chi connectivity index (χ1n) is 5.45. The Labute approximate surface area is 98.9 Å². The molecule has 0 bridgehead atoms. The molecule has 0 saturated carbocycles. The van der Waals surface area contributed by atoms with Gasteiger partial charge in [-0.15, -0.1) is 0 Å². The molecule has 1 heterocycles. The molecule has 0 radical (unpaired) electrons. The second-order valence-corrected chi connectivity index (χ2v) is 5.02. The highest BCUT2D eigenvalue weighted by Gasteiger charge is 1.99. The van der Waals surface area contributed by atoms with E-state index >= 15 is 0 Å². The Hall–Kier alpha value is -1.10. The third-order valence-electron chi connectivity index (χ3n) is 1.97. The van der Waals surface area contributed by atoms with Gasteiger partial charge >= 0.3 is 0 Å². The maximum atomic E-state index is 11.2. The molecule has 0 aliphatic heterocycles. The van der Waals surface area contributed by atoms with Gasteiger partial charge in [0, 0.05) is 34.9 Å². The lowest BCUT2D eigenvalue weighted by molar-refractivity contribution is 0.327. The van der Waals surface area contributed by atoms with Crippen molar-refractivity contribution < 1.29 is 8.95 Å². The van der Waals surface area contributed by atoms with Crippen molar-refractivity contribution in [2.24, 2.45) is 0 Å². The second-order valence-electron chi connectivity index (χ2n) is 3.15. The molecular formula is C11H18N2O2S. The monoisotopic (exact) mass is 242 g/mol. The van der Waals surface area contributed by atoms with E-state index in [0.29, 0.717) is 30.5 Å². The largest absolute Gasteiger partial charge is 0.478 e. The Bertz CT molecular complexity index is 345. The fraction of sp³-hybridized carbons (Fsp3) is 0.545. The van der Waals surface area contributed by atoms with Gasteiger partial charge in [-0.25, -0.2) is 0 Å². The van der Waals surface area contributed by atoms with E-state index in [1.54, 1.807) is 0 Å². The van der Waals surface area contributed by atoms with Crippen LogP contribution in [0.25, 0.3) is 0 Å². The summed E-state index contributed by atoms with van der Waals surface area (Å²) in [5.41, 5.74) is 0. The van der Waals surface area contributed by atoms with Crippen molar-refractivity contribution in [3.05, 3.63) is 18.2 Å². The van der Waals surface area contributed by atoms with Gasteiger partial charge in [-0.1, -0.05) is 13.0 Å². The predicted molar refractivity (Wildman–Crippen MR) is 67.4 cm³/mol. The lowest BCUT2D eigenvalue weighted by Gasteiger charge is -2.07. The second kappa shape index (κ2) is 7.22. The molecule has 1 aromatic rings. The molecule has 1 N–H and O–H groups in total. The van der Waals surface area contributed by atoms with Gasteiger partial charge in [-0.05, 0) is 13.0 Å². The first-order valence-corrected chi connectivity index (χ1v) is 6.93. The number of anilines is 1. The van der Waals surface area contributed by atoms with Crippen molar-refractivity contribution in [2.45, 2.75) is 13.8 Å². The molecule has 0 fully saturated rings. The highest BCUT2D eigenvalue weighted by atomic mass is 32.2. The van der Waals surface area contributed by atoms with Crippen LogP contribution in [-0.2, 0) is 10.8 Å². The van der Waals surface area contributed by atoms with Crippen LogP contribution in [0, 0.1) is 0 Å². The van der Waals surface area contributed by atoms with Crippen LogP contribution in [0.3, 0.4) is 0 Å². The number of nitrogens with one attached hydrogen (secondary N) is 1. The maximum Gasteiger partial charge on any atom is 0.215 e. The minimum atomic E-state index is -0.731. The fourth-order valence-electron chi connectivity index (χ4n) is 1.18. The molecule has 0 amide bonds. The fourth-order valence-corrected chi connectivity index (χ4v) is 1.80. The van der Waals surface area contributed by atoms with Gasteiger partial charge in [0.25, 0.3) is 0 Å². The van der Waals surface area contributed by atoms with Gasteiger partial charge in [0.2, 0.25) is 5.88 Å². The smallest absolute Gasteiger partial charge is 0.215 e. The van der Waals surface area contributed by atoms with Gasteiger partial charge in [-0.2, -0.15) is 4.98 Å². The van der Waals surface area contributed by atoms with Crippen molar-refractivity contribution in [2.75, 3.05) is 30.0 Å². The number of hydrogen-bond donors (Lipinski definition) is 1. The molecule has 1 rings (SSSR count). The van der Waals surface area contributed by atoms with Crippen molar-refractivity contribution in [3.63, 3.8) is 0 Å². The normalized spacial score (nSPS) is 12.1. The van der Waals surface area contributed by atoms with Gasteiger partial charge in [0.1, 0.15) is 5.82 Å². The summed E-state index contributed by atoms with van der Waals surface area (Å²) in [4.78, 5) is 4.25. The lowest BCUT2D eigenvalue weighted by atomic mass is 10.4. The number of ether oxygens (including phenoxy) is 1. The molecule has 0 aromatic carbocycles. The Morgan fingerprint density at radius 3 is 2.94 bits per heavy atom. The number of nitrogens with zero attached hydrogens (tertiary/aromatic N) is 1. The molecule has 4 nitrogen and oxygen atoms in total. The quantitative estimate of drug-likeness (QED) is 0.790. The van der Waals surface area contributed by atoms with Crippen molar-refractivity contribution in [3.8, 4) is 5.88 Å². The van der Waals surface area contributed by atoms with Crippen LogP contribution in [0.5, 0.6) is 5.88 Å². The summed E-state index contributed by atoms with van der Waals surface area (Å²) in [7, 11) is -0.731. The zero-order valence-corrected chi connectivity index (χ0v) is 10.5.